The molecule has 0 saturated heterocycles. The number of rotatable bonds is 4. The molecule has 0 bridgehead atoms. The van der Waals surface area contributed by atoms with Gasteiger partial charge in [-0.25, -0.2) is 14.2 Å². The lowest BCUT2D eigenvalue weighted by atomic mass is 10.1. The maximum Gasteiger partial charge on any atom is 0.434 e. The van der Waals surface area contributed by atoms with Gasteiger partial charge in [0.25, 0.3) is 0 Å². The third-order valence-corrected chi connectivity index (χ3v) is 4.53. The number of aliphatic imine (C=N–C) groups is 2. The highest BCUT2D eigenvalue weighted by molar-refractivity contribution is 8.15. The summed E-state index contributed by atoms with van der Waals surface area (Å²) in [5.41, 5.74) is 1.24. The Morgan fingerprint density at radius 2 is 1.97 bits per heavy atom. The van der Waals surface area contributed by atoms with E-state index >= 15 is 0 Å². The van der Waals surface area contributed by atoms with Gasteiger partial charge in [-0.1, -0.05) is 5.16 Å². The van der Waals surface area contributed by atoms with Crippen LogP contribution in [0.3, 0.4) is 0 Å². The summed E-state index contributed by atoms with van der Waals surface area (Å²) < 4.78 is 24.1. The summed E-state index contributed by atoms with van der Waals surface area (Å²) in [5.74, 6) is 0.0919. The van der Waals surface area contributed by atoms with Crippen LogP contribution in [-0.4, -0.2) is 45.5 Å². The molecular weight excluding hydrogens is 411 g/mol. The zero-order chi connectivity index (χ0) is 21.7. The average molecular weight is 428 g/mol. The summed E-state index contributed by atoms with van der Waals surface area (Å²) in [6.07, 6.45) is 0.815. The van der Waals surface area contributed by atoms with Crippen molar-refractivity contribution in [1.82, 2.24) is 10.1 Å². The van der Waals surface area contributed by atoms with E-state index in [0.717, 1.165) is 17.8 Å². The summed E-state index contributed by atoms with van der Waals surface area (Å²) in [6.45, 7) is 1.69. The van der Waals surface area contributed by atoms with Crippen LogP contribution in [0.25, 0.3) is 11.4 Å². The SMILES string of the molecule is COC(=O)/N=C(SC)/C(=N/c1ccc(-c2noc(C)n2)cc1)c1cc(O)ccc1F. The second-order valence-corrected chi connectivity index (χ2v) is 6.69. The van der Waals surface area contributed by atoms with E-state index < -0.39 is 11.9 Å². The van der Waals surface area contributed by atoms with E-state index in [2.05, 4.69) is 24.9 Å². The Bertz CT molecular complexity index is 1130. The molecule has 10 heteroatoms. The topological polar surface area (TPSA) is 110 Å². The third-order valence-electron chi connectivity index (χ3n) is 3.86. The second kappa shape index (κ2) is 9.31. The fourth-order valence-electron chi connectivity index (χ4n) is 2.47. The molecule has 8 nitrogen and oxygen atoms in total. The molecule has 1 amide bonds. The molecule has 0 aliphatic carbocycles. The Hall–Kier alpha value is -3.53. The lowest BCUT2D eigenvalue weighted by Crippen LogP contribution is -2.16. The van der Waals surface area contributed by atoms with Crippen molar-refractivity contribution in [3.8, 4) is 17.1 Å². The monoisotopic (exact) mass is 428 g/mol. The van der Waals surface area contributed by atoms with Gasteiger partial charge < -0.3 is 14.4 Å². The number of phenols is 1. The first-order valence-electron chi connectivity index (χ1n) is 8.60. The van der Waals surface area contributed by atoms with Gasteiger partial charge in [0, 0.05) is 18.1 Å². The van der Waals surface area contributed by atoms with Gasteiger partial charge in [-0.05, 0) is 48.7 Å². The summed E-state index contributed by atoms with van der Waals surface area (Å²) in [4.78, 5) is 24.1. The number of aromatic hydroxyl groups is 1. The molecule has 0 unspecified atom stereocenters. The van der Waals surface area contributed by atoms with Crippen molar-refractivity contribution >= 4 is 34.3 Å². The number of hydrogen-bond donors (Lipinski definition) is 1. The van der Waals surface area contributed by atoms with Crippen LogP contribution in [0.2, 0.25) is 0 Å². The van der Waals surface area contributed by atoms with Gasteiger partial charge in [0.1, 0.15) is 22.3 Å². The van der Waals surface area contributed by atoms with E-state index in [0.29, 0.717) is 23.0 Å². The van der Waals surface area contributed by atoms with Crippen LogP contribution in [0.1, 0.15) is 11.5 Å². The van der Waals surface area contributed by atoms with Crippen molar-refractivity contribution in [2.24, 2.45) is 9.98 Å². The molecule has 0 aliphatic rings. The zero-order valence-electron chi connectivity index (χ0n) is 16.3. The summed E-state index contributed by atoms with van der Waals surface area (Å²) in [5, 5.41) is 13.8. The number of thioether (sulfide) groups is 1. The van der Waals surface area contributed by atoms with E-state index in [1.165, 1.54) is 19.2 Å². The second-order valence-electron chi connectivity index (χ2n) is 5.90. The van der Waals surface area contributed by atoms with Gasteiger partial charge in [-0.15, -0.1) is 11.8 Å². The Balaban J connectivity index is 2.09. The van der Waals surface area contributed by atoms with Crippen molar-refractivity contribution < 1.29 is 23.6 Å². The van der Waals surface area contributed by atoms with Gasteiger partial charge in [0.05, 0.1) is 12.8 Å². The molecule has 1 aromatic heterocycles. The molecule has 1 N–H and O–H groups in total. The molecule has 0 saturated carbocycles. The highest BCUT2D eigenvalue weighted by Crippen LogP contribution is 2.25. The van der Waals surface area contributed by atoms with Gasteiger partial charge in [-0.2, -0.15) is 9.98 Å². The highest BCUT2D eigenvalue weighted by Gasteiger charge is 2.18. The molecule has 0 fully saturated rings. The van der Waals surface area contributed by atoms with Gasteiger partial charge >= 0.3 is 6.09 Å². The molecule has 154 valence electrons. The molecule has 30 heavy (non-hydrogen) atoms. The van der Waals surface area contributed by atoms with Crippen molar-refractivity contribution in [2.45, 2.75) is 6.92 Å². The summed E-state index contributed by atoms with van der Waals surface area (Å²) >= 11 is 1.09. The largest absolute Gasteiger partial charge is 0.508 e. The highest BCUT2D eigenvalue weighted by atomic mass is 32.2. The van der Waals surface area contributed by atoms with E-state index in [1.807, 2.05) is 0 Å². The van der Waals surface area contributed by atoms with Crippen LogP contribution in [-0.2, 0) is 4.74 Å². The molecule has 0 radical (unpaired) electrons. The minimum Gasteiger partial charge on any atom is -0.508 e. The summed E-state index contributed by atoms with van der Waals surface area (Å²) in [6, 6.07) is 10.4. The number of benzene rings is 2. The third kappa shape index (κ3) is 4.90. The molecular formula is C20H17FN4O4S. The van der Waals surface area contributed by atoms with Crippen LogP contribution in [0, 0.1) is 12.7 Å². The fourth-order valence-corrected chi connectivity index (χ4v) is 2.99. The molecule has 0 atom stereocenters. The number of methoxy groups -OCH3 is 1. The first-order chi connectivity index (χ1) is 14.4. The first kappa shape index (κ1) is 21.2. The zero-order valence-corrected chi connectivity index (χ0v) is 17.1. The van der Waals surface area contributed by atoms with Crippen molar-refractivity contribution in [1.29, 1.82) is 0 Å². The Morgan fingerprint density at radius 3 is 2.57 bits per heavy atom. The maximum absolute atomic E-state index is 14.5. The van der Waals surface area contributed by atoms with Gasteiger partial charge in [0.2, 0.25) is 11.7 Å². The van der Waals surface area contributed by atoms with E-state index in [-0.39, 0.29) is 22.1 Å². The Labute approximate surface area is 175 Å². The number of carbonyl (C=O) groups excluding carboxylic acids is 1. The minimum atomic E-state index is -0.851. The number of aryl methyl sites for hydroxylation is 1. The molecule has 3 aromatic rings. The number of ether oxygens (including phenoxy) is 1. The molecule has 2 aromatic carbocycles. The summed E-state index contributed by atoms with van der Waals surface area (Å²) in [7, 11) is 1.19. The van der Waals surface area contributed by atoms with Gasteiger partial charge in [-0.3, -0.25) is 0 Å². The predicted octanol–water partition coefficient (Wildman–Crippen LogP) is 4.54. The number of nitrogens with zero attached hydrogens (tertiary/aromatic N) is 4. The predicted molar refractivity (Wildman–Crippen MR) is 112 cm³/mol. The normalized spacial score (nSPS) is 12.1. The number of aromatic nitrogens is 2. The number of hydrogen-bond acceptors (Lipinski definition) is 8. The molecule has 1 heterocycles. The number of phenolic OH excluding ortho intramolecular Hbond substituents is 1. The van der Waals surface area contributed by atoms with Crippen molar-refractivity contribution in [2.75, 3.05) is 13.4 Å². The molecule has 0 spiro atoms. The Kier molecular flexibility index (Phi) is 6.58. The molecule has 0 aliphatic heterocycles. The van der Waals surface area contributed by atoms with Crippen LogP contribution in [0.15, 0.2) is 57.0 Å². The van der Waals surface area contributed by atoms with Gasteiger partial charge in [0.15, 0.2) is 0 Å². The minimum absolute atomic E-state index is 0.00938. The Morgan fingerprint density at radius 1 is 1.23 bits per heavy atom. The van der Waals surface area contributed by atoms with Crippen molar-refractivity contribution in [3.05, 3.63) is 59.7 Å². The smallest absolute Gasteiger partial charge is 0.434 e. The van der Waals surface area contributed by atoms with E-state index in [9.17, 15) is 14.3 Å². The van der Waals surface area contributed by atoms with Crippen LogP contribution >= 0.6 is 11.8 Å². The van der Waals surface area contributed by atoms with E-state index in [4.69, 9.17) is 4.52 Å². The van der Waals surface area contributed by atoms with Crippen LogP contribution < -0.4 is 0 Å². The fraction of sp³-hybridized carbons (Fsp3) is 0.150. The maximum atomic E-state index is 14.5. The molecule has 3 rings (SSSR count). The van der Waals surface area contributed by atoms with Crippen LogP contribution in [0.4, 0.5) is 14.9 Å². The standard InChI is InChI=1S/C20H17FN4O4S/c1-11-22-18(25-29-11)12-4-6-13(7-5-12)23-17(19(30-3)24-20(27)28-2)15-10-14(26)8-9-16(15)21/h4-10,26H,1-3H3/b23-17+,24-19-. The lowest BCUT2D eigenvalue weighted by Gasteiger charge is -2.10. The van der Waals surface area contributed by atoms with Crippen LogP contribution in [0.5, 0.6) is 5.75 Å². The van der Waals surface area contributed by atoms with E-state index in [1.54, 1.807) is 37.4 Å². The average Bonchev–Trinajstić information content (AvgIpc) is 3.19. The number of carbonyl (C=O) groups is 1. The number of amides is 1. The first-order valence-corrected chi connectivity index (χ1v) is 9.83. The lowest BCUT2D eigenvalue weighted by molar-refractivity contribution is 0.183. The quantitative estimate of drug-likeness (QED) is 0.480. The van der Waals surface area contributed by atoms with Crippen molar-refractivity contribution in [3.63, 3.8) is 0 Å². The number of halogens is 1.